The molecular weight excluding hydrogens is 559 g/mol. The number of halogens is 4. The second-order valence-electron chi connectivity index (χ2n) is 6.09. The lowest BCUT2D eigenvalue weighted by Gasteiger charge is -2.09. The minimum absolute atomic E-state index is 0.0973. The van der Waals surface area contributed by atoms with Gasteiger partial charge in [0.1, 0.15) is 0 Å². The van der Waals surface area contributed by atoms with Crippen LogP contribution in [0.15, 0.2) is 74.5 Å². The zero-order valence-electron chi connectivity index (χ0n) is 14.8. The summed E-state index contributed by atoms with van der Waals surface area (Å²) in [6.45, 7) is 0. The molecular formula is C22H14Br2Cl2O2S. The van der Waals surface area contributed by atoms with E-state index in [1.807, 2.05) is 36.4 Å². The molecule has 0 heterocycles. The second kappa shape index (κ2) is 10.2. The molecule has 0 aliphatic rings. The van der Waals surface area contributed by atoms with Crippen LogP contribution in [0.4, 0.5) is 0 Å². The highest BCUT2D eigenvalue weighted by Gasteiger charge is 2.15. The van der Waals surface area contributed by atoms with E-state index in [0.717, 1.165) is 14.5 Å². The van der Waals surface area contributed by atoms with E-state index in [-0.39, 0.29) is 21.6 Å². The van der Waals surface area contributed by atoms with Gasteiger partial charge in [-0.25, -0.2) is 0 Å². The smallest absolute Gasteiger partial charge is 0.199 e. The Labute approximate surface area is 200 Å². The van der Waals surface area contributed by atoms with Crippen molar-refractivity contribution in [2.45, 2.75) is 5.75 Å². The molecule has 0 radical (unpaired) electrons. The van der Waals surface area contributed by atoms with Crippen molar-refractivity contribution in [2.75, 3.05) is 0 Å². The van der Waals surface area contributed by atoms with Crippen LogP contribution in [-0.4, -0.2) is 10.9 Å². The van der Waals surface area contributed by atoms with Gasteiger partial charge in [-0.1, -0.05) is 67.2 Å². The van der Waals surface area contributed by atoms with E-state index >= 15 is 0 Å². The maximum absolute atomic E-state index is 13.1. The summed E-state index contributed by atoms with van der Waals surface area (Å²) in [6.07, 6.45) is 1.74. The summed E-state index contributed by atoms with van der Waals surface area (Å²) in [4.78, 5) is 13.7. The number of phenols is 1. The maximum Gasteiger partial charge on any atom is 0.199 e. The third kappa shape index (κ3) is 6.12. The van der Waals surface area contributed by atoms with Gasteiger partial charge in [-0.05, 0) is 65.7 Å². The number of hydrogen-bond donors (Lipinski definition) is 1. The molecule has 0 atom stereocenters. The third-order valence-electron chi connectivity index (χ3n) is 3.97. The molecule has 0 saturated carbocycles. The predicted molar refractivity (Wildman–Crippen MR) is 130 cm³/mol. The van der Waals surface area contributed by atoms with Crippen molar-refractivity contribution in [1.82, 2.24) is 0 Å². The van der Waals surface area contributed by atoms with Crippen LogP contribution in [0.5, 0.6) is 5.75 Å². The van der Waals surface area contributed by atoms with Gasteiger partial charge < -0.3 is 5.11 Å². The number of aromatic hydroxyl groups is 1. The maximum atomic E-state index is 13.1. The van der Waals surface area contributed by atoms with Crippen molar-refractivity contribution < 1.29 is 9.90 Å². The second-order valence-corrected chi connectivity index (χ2v) is 9.76. The summed E-state index contributed by atoms with van der Waals surface area (Å²) in [5.74, 6) is 0.356. The van der Waals surface area contributed by atoms with Gasteiger partial charge in [0.2, 0.25) is 0 Å². The lowest BCUT2D eigenvalue weighted by atomic mass is 10.1. The van der Waals surface area contributed by atoms with Crippen LogP contribution in [-0.2, 0) is 5.75 Å². The van der Waals surface area contributed by atoms with E-state index in [2.05, 4.69) is 31.9 Å². The average Bonchev–Trinajstić information content (AvgIpc) is 2.70. The number of benzene rings is 3. The number of Topliss-reactive ketones (excluding diaryl/α,β-unsaturated/α-hetero) is 1. The van der Waals surface area contributed by atoms with Crippen LogP contribution >= 0.6 is 66.8 Å². The van der Waals surface area contributed by atoms with Crippen molar-refractivity contribution >= 4 is 78.7 Å². The molecule has 0 saturated heterocycles. The zero-order chi connectivity index (χ0) is 21.0. The van der Waals surface area contributed by atoms with Crippen molar-refractivity contribution in [3.05, 3.63) is 101 Å². The van der Waals surface area contributed by atoms with Gasteiger partial charge in [-0.15, -0.1) is 11.8 Å². The Bertz CT molecular complexity index is 1040. The molecule has 2 nitrogen and oxygen atoms in total. The van der Waals surface area contributed by atoms with Gasteiger partial charge in [-0.3, -0.25) is 4.79 Å². The van der Waals surface area contributed by atoms with Crippen LogP contribution < -0.4 is 0 Å². The van der Waals surface area contributed by atoms with Gasteiger partial charge >= 0.3 is 0 Å². The summed E-state index contributed by atoms with van der Waals surface area (Å²) >= 11 is 20.3. The molecule has 3 aromatic rings. The molecule has 0 aliphatic carbocycles. The van der Waals surface area contributed by atoms with Gasteiger partial charge in [-0.2, -0.15) is 0 Å². The van der Waals surface area contributed by atoms with E-state index < -0.39 is 0 Å². The van der Waals surface area contributed by atoms with Crippen molar-refractivity contribution in [1.29, 1.82) is 0 Å². The first kappa shape index (κ1) is 22.4. The van der Waals surface area contributed by atoms with E-state index in [0.29, 0.717) is 21.8 Å². The predicted octanol–water partition coefficient (Wildman–Crippen LogP) is 8.38. The molecule has 0 bridgehead atoms. The molecule has 0 unspecified atom stereocenters. The number of allylic oxidation sites excluding steroid dienone is 1. The Hall–Kier alpha value is -1.24. The summed E-state index contributed by atoms with van der Waals surface area (Å²) in [5.41, 5.74) is 2.31. The molecule has 148 valence electrons. The highest BCUT2D eigenvalue weighted by atomic mass is 79.9. The average molecular weight is 573 g/mol. The normalized spacial score (nSPS) is 11.5. The molecule has 3 rings (SSSR count). The van der Waals surface area contributed by atoms with E-state index in [1.165, 1.54) is 11.8 Å². The minimum Gasteiger partial charge on any atom is -0.505 e. The Morgan fingerprint density at radius 3 is 2.00 bits per heavy atom. The number of carbonyl (C=O) groups excluding carboxylic acids is 1. The third-order valence-corrected chi connectivity index (χ3v) is 6.70. The van der Waals surface area contributed by atoms with Crippen LogP contribution in [0.2, 0.25) is 10.0 Å². The summed E-state index contributed by atoms with van der Waals surface area (Å²) in [5, 5.41) is 10.1. The van der Waals surface area contributed by atoms with Crippen molar-refractivity contribution in [2.24, 2.45) is 0 Å². The quantitative estimate of drug-likeness (QED) is 0.238. The number of ketones is 1. The Morgan fingerprint density at radius 2 is 1.45 bits per heavy atom. The summed E-state index contributed by atoms with van der Waals surface area (Å²) < 4.78 is 1.90. The van der Waals surface area contributed by atoms with E-state index in [4.69, 9.17) is 23.2 Å². The number of phenolic OH excluding ortho intramolecular Hbond substituents is 1. The molecule has 0 fully saturated rings. The summed E-state index contributed by atoms with van der Waals surface area (Å²) in [6, 6.07) is 18.3. The van der Waals surface area contributed by atoms with Crippen molar-refractivity contribution in [3.8, 4) is 5.75 Å². The first-order valence-electron chi connectivity index (χ1n) is 8.40. The minimum atomic E-state index is -0.172. The number of carbonyl (C=O) groups is 1. The molecule has 0 amide bonds. The van der Waals surface area contributed by atoms with Gasteiger partial charge in [0, 0.05) is 20.3 Å². The first-order chi connectivity index (χ1) is 13.8. The Balaban J connectivity index is 1.94. The molecule has 0 aromatic heterocycles. The first-order valence-corrected chi connectivity index (χ1v) is 11.7. The monoisotopic (exact) mass is 570 g/mol. The molecule has 0 aliphatic heterocycles. The van der Waals surface area contributed by atoms with E-state index in [9.17, 15) is 9.90 Å². The number of thioether (sulfide) groups is 1. The van der Waals surface area contributed by atoms with Gasteiger partial charge in [0.25, 0.3) is 0 Å². The Kier molecular flexibility index (Phi) is 7.88. The lowest BCUT2D eigenvalue weighted by Crippen LogP contribution is -2.01. The molecule has 29 heavy (non-hydrogen) atoms. The molecule has 1 N–H and O–H groups in total. The fraction of sp³-hybridized carbons (Fsp3) is 0.0455. The number of hydrogen-bond acceptors (Lipinski definition) is 3. The van der Waals surface area contributed by atoms with Crippen LogP contribution in [0, 0.1) is 0 Å². The fourth-order valence-electron chi connectivity index (χ4n) is 2.48. The molecule has 0 spiro atoms. The van der Waals surface area contributed by atoms with Crippen LogP contribution in [0.3, 0.4) is 0 Å². The molecule has 7 heteroatoms. The SMILES string of the molecule is O=C(/C(=C\c1cc(Cl)c(O)c(Cl)c1)SCc1ccc(Br)cc1)c1ccc(Br)cc1. The largest absolute Gasteiger partial charge is 0.505 e. The lowest BCUT2D eigenvalue weighted by molar-refractivity contribution is 0.104. The fourth-order valence-corrected chi connectivity index (χ4v) is 4.49. The van der Waals surface area contributed by atoms with Gasteiger partial charge in [0.15, 0.2) is 11.5 Å². The Morgan fingerprint density at radius 1 is 0.931 bits per heavy atom. The standard InChI is InChI=1S/C22H14Br2Cl2O2S/c23-16-5-1-13(2-6-16)12-29-20(21(27)15-3-7-17(24)8-4-15)11-14-9-18(25)22(28)19(26)10-14/h1-11,28H,12H2/b20-11+. The highest BCUT2D eigenvalue weighted by Crippen LogP contribution is 2.35. The zero-order valence-corrected chi connectivity index (χ0v) is 20.3. The van der Waals surface area contributed by atoms with Gasteiger partial charge in [0.05, 0.1) is 15.0 Å². The van der Waals surface area contributed by atoms with E-state index in [1.54, 1.807) is 30.3 Å². The topological polar surface area (TPSA) is 37.3 Å². The molecule has 3 aromatic carbocycles. The highest BCUT2D eigenvalue weighted by molar-refractivity contribution is 9.10. The van der Waals surface area contributed by atoms with Crippen LogP contribution in [0.1, 0.15) is 21.5 Å². The summed E-state index contributed by atoms with van der Waals surface area (Å²) in [7, 11) is 0. The van der Waals surface area contributed by atoms with Crippen molar-refractivity contribution in [3.63, 3.8) is 0 Å². The number of rotatable bonds is 6. The van der Waals surface area contributed by atoms with Crippen LogP contribution in [0.25, 0.3) is 6.08 Å².